The second kappa shape index (κ2) is 8.92. The van der Waals surface area contributed by atoms with E-state index in [0.29, 0.717) is 30.9 Å². The van der Waals surface area contributed by atoms with Gasteiger partial charge in [-0.2, -0.15) is 0 Å². The molecule has 1 unspecified atom stereocenters. The van der Waals surface area contributed by atoms with Crippen molar-refractivity contribution in [3.63, 3.8) is 0 Å². The third-order valence-corrected chi connectivity index (χ3v) is 4.45. The SMILES string of the molecule is Cl.O=C(CC1(C(=O)Nc2ccc(F)cc2)CCNC1)Nc1ccc(F)cc1. The Kier molecular flexibility index (Phi) is 6.87. The number of hydrogen-bond acceptors (Lipinski definition) is 3. The minimum atomic E-state index is -0.890. The second-order valence-corrected chi connectivity index (χ2v) is 6.40. The maximum Gasteiger partial charge on any atom is 0.232 e. The normalized spacial score (nSPS) is 18.4. The summed E-state index contributed by atoms with van der Waals surface area (Å²) in [6.45, 7) is 0.998. The topological polar surface area (TPSA) is 70.2 Å². The zero-order valence-electron chi connectivity index (χ0n) is 14.4. The van der Waals surface area contributed by atoms with Crippen molar-refractivity contribution in [3.8, 4) is 0 Å². The number of carbonyl (C=O) groups excluding carboxylic acids is 2. The van der Waals surface area contributed by atoms with Gasteiger partial charge in [0.2, 0.25) is 11.8 Å². The first-order valence-electron chi connectivity index (χ1n) is 8.30. The van der Waals surface area contributed by atoms with Crippen molar-refractivity contribution < 1.29 is 18.4 Å². The van der Waals surface area contributed by atoms with Crippen molar-refractivity contribution in [2.45, 2.75) is 12.8 Å². The van der Waals surface area contributed by atoms with E-state index in [-0.39, 0.29) is 36.5 Å². The van der Waals surface area contributed by atoms with Gasteiger partial charge in [-0.3, -0.25) is 9.59 Å². The van der Waals surface area contributed by atoms with Gasteiger partial charge in [0.25, 0.3) is 0 Å². The molecule has 1 fully saturated rings. The highest BCUT2D eigenvalue weighted by Crippen LogP contribution is 2.32. The van der Waals surface area contributed by atoms with Gasteiger partial charge in [-0.05, 0) is 61.5 Å². The van der Waals surface area contributed by atoms with Gasteiger partial charge in [0.1, 0.15) is 11.6 Å². The van der Waals surface area contributed by atoms with Gasteiger partial charge in [0.15, 0.2) is 0 Å². The Labute approximate surface area is 161 Å². The highest BCUT2D eigenvalue weighted by atomic mass is 35.5. The summed E-state index contributed by atoms with van der Waals surface area (Å²) in [5.74, 6) is -1.39. The Morgan fingerprint density at radius 1 is 0.926 bits per heavy atom. The summed E-state index contributed by atoms with van der Waals surface area (Å²) in [7, 11) is 0. The fourth-order valence-electron chi connectivity index (χ4n) is 3.01. The summed E-state index contributed by atoms with van der Waals surface area (Å²) >= 11 is 0. The van der Waals surface area contributed by atoms with Crippen molar-refractivity contribution in [1.82, 2.24) is 5.32 Å². The van der Waals surface area contributed by atoms with E-state index in [2.05, 4.69) is 16.0 Å². The lowest BCUT2D eigenvalue weighted by Gasteiger charge is -2.26. The summed E-state index contributed by atoms with van der Waals surface area (Å²) in [5.41, 5.74) is 0.0523. The van der Waals surface area contributed by atoms with Crippen molar-refractivity contribution in [3.05, 3.63) is 60.2 Å². The summed E-state index contributed by atoms with van der Waals surface area (Å²) in [6.07, 6.45) is 0.501. The first-order valence-corrected chi connectivity index (χ1v) is 8.30. The van der Waals surface area contributed by atoms with Crippen LogP contribution in [-0.2, 0) is 9.59 Å². The molecule has 0 spiro atoms. The number of benzene rings is 2. The van der Waals surface area contributed by atoms with Gasteiger partial charge in [-0.1, -0.05) is 0 Å². The van der Waals surface area contributed by atoms with Gasteiger partial charge < -0.3 is 16.0 Å². The fraction of sp³-hybridized carbons (Fsp3) is 0.263. The van der Waals surface area contributed by atoms with E-state index in [0.717, 1.165) is 0 Å². The van der Waals surface area contributed by atoms with E-state index in [1.807, 2.05) is 0 Å². The summed E-state index contributed by atoms with van der Waals surface area (Å²) in [4.78, 5) is 25.2. The predicted molar refractivity (Wildman–Crippen MR) is 102 cm³/mol. The van der Waals surface area contributed by atoms with Crippen LogP contribution in [0.2, 0.25) is 0 Å². The molecule has 8 heteroatoms. The molecule has 0 radical (unpaired) electrons. The van der Waals surface area contributed by atoms with E-state index in [4.69, 9.17) is 0 Å². The Bertz CT molecular complexity index is 792. The molecule has 0 aliphatic carbocycles. The van der Waals surface area contributed by atoms with Crippen molar-refractivity contribution in [2.75, 3.05) is 23.7 Å². The van der Waals surface area contributed by atoms with E-state index in [9.17, 15) is 18.4 Å². The van der Waals surface area contributed by atoms with Crippen molar-refractivity contribution in [2.24, 2.45) is 5.41 Å². The third-order valence-electron chi connectivity index (χ3n) is 4.45. The van der Waals surface area contributed by atoms with Crippen LogP contribution in [0.1, 0.15) is 12.8 Å². The molecule has 1 heterocycles. The Hall–Kier alpha value is -2.51. The molecule has 1 atom stereocenters. The molecule has 3 rings (SSSR count). The smallest absolute Gasteiger partial charge is 0.232 e. The highest BCUT2D eigenvalue weighted by Gasteiger charge is 2.43. The van der Waals surface area contributed by atoms with Gasteiger partial charge in [-0.15, -0.1) is 12.4 Å². The van der Waals surface area contributed by atoms with Crippen LogP contribution in [0.3, 0.4) is 0 Å². The van der Waals surface area contributed by atoms with E-state index in [1.54, 1.807) is 0 Å². The van der Waals surface area contributed by atoms with Crippen molar-refractivity contribution >= 4 is 35.6 Å². The molecule has 1 saturated heterocycles. The lowest BCUT2D eigenvalue weighted by Crippen LogP contribution is -2.41. The lowest BCUT2D eigenvalue weighted by molar-refractivity contribution is -0.129. The van der Waals surface area contributed by atoms with Crippen LogP contribution in [-0.4, -0.2) is 24.9 Å². The molecule has 2 amide bonds. The maximum absolute atomic E-state index is 13.0. The molecule has 0 bridgehead atoms. The minimum Gasteiger partial charge on any atom is -0.326 e. The van der Waals surface area contributed by atoms with E-state index < -0.39 is 11.2 Å². The van der Waals surface area contributed by atoms with Crippen LogP contribution in [0.5, 0.6) is 0 Å². The van der Waals surface area contributed by atoms with Gasteiger partial charge >= 0.3 is 0 Å². The molecule has 5 nitrogen and oxygen atoms in total. The Morgan fingerprint density at radius 3 is 1.93 bits per heavy atom. The maximum atomic E-state index is 13.0. The Morgan fingerprint density at radius 2 is 1.44 bits per heavy atom. The molecule has 0 aromatic heterocycles. The van der Waals surface area contributed by atoms with E-state index >= 15 is 0 Å². The number of nitrogens with one attached hydrogen (secondary N) is 3. The highest BCUT2D eigenvalue weighted by molar-refractivity contribution is 6.01. The quantitative estimate of drug-likeness (QED) is 0.727. The number of rotatable bonds is 5. The van der Waals surface area contributed by atoms with Gasteiger partial charge in [-0.25, -0.2) is 8.78 Å². The minimum absolute atomic E-state index is 0. The monoisotopic (exact) mass is 395 g/mol. The molecular formula is C19H20ClF2N3O2. The zero-order valence-corrected chi connectivity index (χ0v) is 15.2. The average Bonchev–Trinajstić information content (AvgIpc) is 3.08. The van der Waals surface area contributed by atoms with E-state index in [1.165, 1.54) is 48.5 Å². The van der Waals surface area contributed by atoms with Crippen LogP contribution in [0.25, 0.3) is 0 Å². The number of hydrogen-bond donors (Lipinski definition) is 3. The van der Waals surface area contributed by atoms with Crippen LogP contribution in [0.4, 0.5) is 20.2 Å². The van der Waals surface area contributed by atoms with Gasteiger partial charge in [0, 0.05) is 24.3 Å². The zero-order chi connectivity index (χ0) is 18.6. The summed E-state index contributed by atoms with van der Waals surface area (Å²) in [5, 5.41) is 8.55. The fourth-order valence-corrected chi connectivity index (χ4v) is 3.01. The molecule has 0 saturated carbocycles. The Balaban J connectivity index is 0.00000261. The second-order valence-electron chi connectivity index (χ2n) is 6.40. The predicted octanol–water partition coefficient (Wildman–Crippen LogP) is 3.33. The molecule has 1 aliphatic heterocycles. The van der Waals surface area contributed by atoms with Crippen molar-refractivity contribution in [1.29, 1.82) is 0 Å². The molecule has 144 valence electrons. The number of carbonyl (C=O) groups is 2. The lowest BCUT2D eigenvalue weighted by atomic mass is 9.82. The number of anilines is 2. The van der Waals surface area contributed by atoms with Crippen LogP contribution < -0.4 is 16.0 Å². The van der Waals surface area contributed by atoms with Gasteiger partial charge in [0.05, 0.1) is 5.41 Å². The molecule has 3 N–H and O–H groups in total. The summed E-state index contributed by atoms with van der Waals surface area (Å²) in [6, 6.07) is 10.9. The third kappa shape index (κ3) is 5.24. The number of amides is 2. The summed E-state index contributed by atoms with van der Waals surface area (Å²) < 4.78 is 26.0. The number of halogens is 3. The molecule has 2 aromatic carbocycles. The molecule has 27 heavy (non-hydrogen) atoms. The van der Waals surface area contributed by atoms with Crippen LogP contribution in [0, 0.1) is 17.0 Å². The largest absolute Gasteiger partial charge is 0.326 e. The molecule has 1 aliphatic rings. The molecular weight excluding hydrogens is 376 g/mol. The van der Waals surface area contributed by atoms with Crippen LogP contribution in [0.15, 0.2) is 48.5 Å². The first kappa shape index (κ1) is 20.8. The standard InChI is InChI=1S/C19H19F2N3O2.ClH/c20-13-1-5-15(6-2-13)23-17(25)11-19(9-10-22-12-19)18(26)24-16-7-3-14(21)4-8-16;/h1-8,22H,9-12H2,(H,23,25)(H,24,26);1H. The first-order chi connectivity index (χ1) is 12.5. The molecule has 2 aromatic rings. The average molecular weight is 396 g/mol. The van der Waals surface area contributed by atoms with Crippen LogP contribution >= 0.6 is 12.4 Å².